The van der Waals surface area contributed by atoms with Crippen LogP contribution in [0.4, 0.5) is 0 Å². The molecule has 0 radical (unpaired) electrons. The fourth-order valence-electron chi connectivity index (χ4n) is 5.10. The van der Waals surface area contributed by atoms with Crippen molar-refractivity contribution < 1.29 is 13.0 Å². The fourth-order valence-corrected chi connectivity index (χ4v) is 5.85. The first-order valence-corrected chi connectivity index (χ1v) is 15.4. The van der Waals surface area contributed by atoms with E-state index in [1.807, 2.05) is 6.07 Å². The number of rotatable bonds is 19. The monoisotopic (exact) mass is 488 g/mol. The Balaban J connectivity index is 2.05. The van der Waals surface area contributed by atoms with Crippen LogP contribution in [0.25, 0.3) is 10.8 Å². The fraction of sp³-hybridized carbons (Fsp3) is 0.667. The molecule has 0 aliphatic carbocycles. The first-order chi connectivity index (χ1) is 16.5. The Hall–Kier alpha value is -1.39. The lowest BCUT2D eigenvalue weighted by molar-refractivity contribution is 0.482. The summed E-state index contributed by atoms with van der Waals surface area (Å²) in [7, 11) is -4.24. The van der Waals surface area contributed by atoms with Gasteiger partial charge < -0.3 is 0 Å². The van der Waals surface area contributed by atoms with Crippen LogP contribution in [0.3, 0.4) is 0 Å². The molecule has 192 valence electrons. The van der Waals surface area contributed by atoms with Gasteiger partial charge in [-0.1, -0.05) is 128 Å². The van der Waals surface area contributed by atoms with Crippen LogP contribution in [-0.2, 0) is 23.0 Å². The molecule has 0 atom stereocenters. The molecular formula is C30H48O3S. The van der Waals surface area contributed by atoms with Crippen molar-refractivity contribution in [3.63, 3.8) is 0 Å². The maximum Gasteiger partial charge on any atom is 0.294 e. The highest BCUT2D eigenvalue weighted by molar-refractivity contribution is 7.85. The van der Waals surface area contributed by atoms with Crippen molar-refractivity contribution in [3.8, 4) is 0 Å². The van der Waals surface area contributed by atoms with E-state index in [1.165, 1.54) is 89.0 Å². The van der Waals surface area contributed by atoms with E-state index in [4.69, 9.17) is 0 Å². The summed E-state index contributed by atoms with van der Waals surface area (Å²) in [6, 6.07) is 9.74. The van der Waals surface area contributed by atoms with Crippen LogP contribution in [0.1, 0.15) is 128 Å². The number of hydrogen-bond acceptors (Lipinski definition) is 2. The minimum Gasteiger partial charge on any atom is -0.282 e. The summed E-state index contributed by atoms with van der Waals surface area (Å²) in [6.45, 7) is 4.49. The molecule has 0 saturated heterocycles. The molecule has 2 aromatic carbocycles. The number of hydrogen-bond donors (Lipinski definition) is 1. The molecule has 2 aromatic rings. The maximum atomic E-state index is 12.2. The first-order valence-electron chi connectivity index (χ1n) is 14.0. The molecule has 4 heteroatoms. The molecular weight excluding hydrogens is 440 g/mol. The van der Waals surface area contributed by atoms with Crippen LogP contribution in [-0.4, -0.2) is 13.0 Å². The van der Waals surface area contributed by atoms with E-state index in [-0.39, 0.29) is 4.90 Å². The summed E-state index contributed by atoms with van der Waals surface area (Å²) in [5.74, 6) is 0. The van der Waals surface area contributed by atoms with Crippen LogP contribution >= 0.6 is 0 Å². The molecule has 0 heterocycles. The summed E-state index contributed by atoms with van der Waals surface area (Å²) in [5, 5.41) is 2.14. The maximum absolute atomic E-state index is 12.2. The van der Waals surface area contributed by atoms with Gasteiger partial charge in [-0.15, -0.1) is 0 Å². The van der Waals surface area contributed by atoms with Gasteiger partial charge in [0, 0.05) is 0 Å². The second kappa shape index (κ2) is 16.3. The van der Waals surface area contributed by atoms with Crippen LogP contribution in [0.5, 0.6) is 0 Å². The largest absolute Gasteiger partial charge is 0.294 e. The highest BCUT2D eigenvalue weighted by atomic mass is 32.2. The van der Waals surface area contributed by atoms with E-state index in [9.17, 15) is 13.0 Å². The third kappa shape index (κ3) is 10.1. The van der Waals surface area contributed by atoms with Crippen LogP contribution in [0.2, 0.25) is 0 Å². The predicted octanol–water partition coefficient (Wildman–Crippen LogP) is 9.45. The molecule has 0 amide bonds. The van der Waals surface area contributed by atoms with Crippen molar-refractivity contribution in [1.29, 1.82) is 0 Å². The van der Waals surface area contributed by atoms with Crippen LogP contribution < -0.4 is 0 Å². The molecule has 0 aliphatic heterocycles. The predicted molar refractivity (Wildman–Crippen MR) is 146 cm³/mol. The lowest BCUT2D eigenvalue weighted by Crippen LogP contribution is -2.05. The molecule has 0 aromatic heterocycles. The molecule has 3 nitrogen and oxygen atoms in total. The molecule has 0 bridgehead atoms. The number of aryl methyl sites for hydroxylation is 2. The van der Waals surface area contributed by atoms with Gasteiger partial charge in [0.1, 0.15) is 0 Å². The molecule has 1 N–H and O–H groups in total. The van der Waals surface area contributed by atoms with Crippen molar-refractivity contribution in [2.75, 3.05) is 0 Å². The zero-order valence-corrected chi connectivity index (χ0v) is 22.6. The average molecular weight is 489 g/mol. The van der Waals surface area contributed by atoms with E-state index in [0.717, 1.165) is 42.0 Å². The van der Waals surface area contributed by atoms with Gasteiger partial charge in [0.25, 0.3) is 10.1 Å². The summed E-state index contributed by atoms with van der Waals surface area (Å²) in [4.78, 5) is 0.103. The average Bonchev–Trinajstić information content (AvgIpc) is 2.81. The summed E-state index contributed by atoms with van der Waals surface area (Å²) in [6.07, 6.45) is 21.6. The normalized spacial score (nSPS) is 12.0. The van der Waals surface area contributed by atoms with Gasteiger partial charge in [-0.25, -0.2) is 0 Å². The standard InChI is InChI=1S/C30H48O3S/c1-3-5-7-9-11-13-15-17-20-26-21-19-22-27-24-25-29(34(31,32)33)28(30(26)27)23-18-16-14-12-10-8-6-4-2/h19,21-22,24-25H,3-18,20,23H2,1-2H3,(H,31,32,33). The Morgan fingerprint density at radius 1 is 0.618 bits per heavy atom. The Morgan fingerprint density at radius 2 is 1.12 bits per heavy atom. The third-order valence-electron chi connectivity index (χ3n) is 7.05. The van der Waals surface area contributed by atoms with E-state index < -0.39 is 10.1 Å². The lowest BCUT2D eigenvalue weighted by Gasteiger charge is -2.15. The van der Waals surface area contributed by atoms with Gasteiger partial charge >= 0.3 is 0 Å². The van der Waals surface area contributed by atoms with Gasteiger partial charge in [0.2, 0.25) is 0 Å². The van der Waals surface area contributed by atoms with Crippen molar-refractivity contribution in [1.82, 2.24) is 0 Å². The Morgan fingerprint density at radius 3 is 1.65 bits per heavy atom. The second-order valence-electron chi connectivity index (χ2n) is 9.98. The van der Waals surface area contributed by atoms with Crippen molar-refractivity contribution in [2.24, 2.45) is 0 Å². The summed E-state index contributed by atoms with van der Waals surface area (Å²) < 4.78 is 34.4. The zero-order chi connectivity index (χ0) is 24.7. The molecule has 0 saturated carbocycles. The van der Waals surface area contributed by atoms with E-state index >= 15 is 0 Å². The molecule has 34 heavy (non-hydrogen) atoms. The van der Waals surface area contributed by atoms with E-state index in [2.05, 4.69) is 32.0 Å². The SMILES string of the molecule is CCCCCCCCCCc1cccc2ccc(S(=O)(=O)O)c(CCCCCCCCCC)c12. The lowest BCUT2D eigenvalue weighted by atomic mass is 9.93. The smallest absolute Gasteiger partial charge is 0.282 e. The Bertz CT molecular complexity index is 933. The summed E-state index contributed by atoms with van der Waals surface area (Å²) >= 11 is 0. The van der Waals surface area contributed by atoms with Crippen molar-refractivity contribution in [2.45, 2.75) is 134 Å². The van der Waals surface area contributed by atoms with Crippen LogP contribution in [0.15, 0.2) is 35.2 Å². The van der Waals surface area contributed by atoms with Gasteiger partial charge in [-0.3, -0.25) is 4.55 Å². The molecule has 0 fully saturated rings. The Labute approximate surface area is 209 Å². The van der Waals surface area contributed by atoms with E-state index in [0.29, 0.717) is 6.42 Å². The van der Waals surface area contributed by atoms with Gasteiger partial charge in [-0.2, -0.15) is 8.42 Å². The topological polar surface area (TPSA) is 54.4 Å². The number of fused-ring (bicyclic) bond motifs is 1. The summed E-state index contributed by atoms with van der Waals surface area (Å²) in [5.41, 5.74) is 2.05. The first kappa shape index (κ1) is 28.8. The number of benzene rings is 2. The zero-order valence-electron chi connectivity index (χ0n) is 21.8. The van der Waals surface area contributed by atoms with Crippen LogP contribution in [0, 0.1) is 0 Å². The quantitative estimate of drug-likeness (QED) is 0.158. The van der Waals surface area contributed by atoms with Crippen molar-refractivity contribution in [3.05, 3.63) is 41.5 Å². The number of unbranched alkanes of at least 4 members (excludes halogenated alkanes) is 14. The van der Waals surface area contributed by atoms with Gasteiger partial charge in [0.15, 0.2) is 0 Å². The minimum absolute atomic E-state index is 0.103. The minimum atomic E-state index is -4.24. The third-order valence-corrected chi connectivity index (χ3v) is 7.99. The van der Waals surface area contributed by atoms with Gasteiger partial charge in [0.05, 0.1) is 4.90 Å². The second-order valence-corrected chi connectivity index (χ2v) is 11.4. The highest BCUT2D eigenvalue weighted by Crippen LogP contribution is 2.31. The molecule has 0 spiro atoms. The molecule has 0 aliphatic rings. The van der Waals surface area contributed by atoms with Crippen molar-refractivity contribution >= 4 is 20.9 Å². The van der Waals surface area contributed by atoms with E-state index in [1.54, 1.807) is 6.07 Å². The molecule has 2 rings (SSSR count). The Kier molecular flexibility index (Phi) is 13.8. The van der Waals surface area contributed by atoms with Gasteiger partial charge in [-0.05, 0) is 53.6 Å². The molecule has 0 unspecified atom stereocenters. The highest BCUT2D eigenvalue weighted by Gasteiger charge is 2.19.